The van der Waals surface area contributed by atoms with Gasteiger partial charge in [0.05, 0.1) is 11.2 Å². The fourth-order valence-corrected chi connectivity index (χ4v) is 4.23. The molecule has 1 aliphatic rings. The molecule has 2 heterocycles. The van der Waals surface area contributed by atoms with Crippen molar-refractivity contribution in [1.82, 2.24) is 15.2 Å². The van der Waals surface area contributed by atoms with Crippen molar-refractivity contribution in [2.75, 3.05) is 19.6 Å². The van der Waals surface area contributed by atoms with Gasteiger partial charge in [0.1, 0.15) is 17.4 Å². The summed E-state index contributed by atoms with van der Waals surface area (Å²) in [5, 5.41) is 2.92. The number of carbonyl (C=O) groups is 2. The van der Waals surface area contributed by atoms with E-state index in [1.54, 1.807) is 29.2 Å². The highest BCUT2D eigenvalue weighted by Crippen LogP contribution is 2.31. The molecule has 1 aromatic heterocycles. The molecule has 0 atom stereocenters. The van der Waals surface area contributed by atoms with E-state index >= 15 is 0 Å². The molecule has 0 radical (unpaired) electrons. The van der Waals surface area contributed by atoms with E-state index in [0.29, 0.717) is 36.2 Å². The molecule has 1 saturated heterocycles. The van der Waals surface area contributed by atoms with Crippen LogP contribution < -0.4 is 10.1 Å². The van der Waals surface area contributed by atoms with Gasteiger partial charge in [0.15, 0.2) is 5.82 Å². The average Bonchev–Trinajstić information content (AvgIpc) is 3.15. The zero-order chi connectivity index (χ0) is 21.1. The number of aromatic nitrogens is 1. The second kappa shape index (κ2) is 8.74. The standard InChI is InChI=1S/C21H19F2N3O3S/c22-14-10-16(23)19-17(11-14)30-21(25-19)29-15-6-8-26(9-7-15)18(27)12-24-20(28)13-4-2-1-3-5-13/h1-5,10-11,15H,6-9,12H2,(H,24,28). The molecule has 1 N–H and O–H groups in total. The van der Waals surface area contributed by atoms with Gasteiger partial charge in [0.25, 0.3) is 11.1 Å². The van der Waals surface area contributed by atoms with Crippen molar-refractivity contribution >= 4 is 33.4 Å². The second-order valence-electron chi connectivity index (χ2n) is 6.96. The van der Waals surface area contributed by atoms with Crippen LogP contribution in [0.4, 0.5) is 8.78 Å². The zero-order valence-electron chi connectivity index (χ0n) is 15.9. The molecule has 0 saturated carbocycles. The first-order valence-corrected chi connectivity index (χ1v) is 10.3. The van der Waals surface area contributed by atoms with Crippen LogP contribution in [0.3, 0.4) is 0 Å². The number of hydrogen-bond donors (Lipinski definition) is 1. The van der Waals surface area contributed by atoms with Crippen molar-refractivity contribution in [1.29, 1.82) is 0 Å². The van der Waals surface area contributed by atoms with Crippen LogP contribution in [0.2, 0.25) is 0 Å². The number of carbonyl (C=O) groups excluding carboxylic acids is 2. The van der Waals surface area contributed by atoms with Crippen LogP contribution in [-0.4, -0.2) is 47.4 Å². The van der Waals surface area contributed by atoms with Crippen LogP contribution in [0.1, 0.15) is 23.2 Å². The number of amides is 2. The third-order valence-corrected chi connectivity index (χ3v) is 5.79. The van der Waals surface area contributed by atoms with Gasteiger partial charge < -0.3 is 15.0 Å². The van der Waals surface area contributed by atoms with Gasteiger partial charge in [-0.2, -0.15) is 4.98 Å². The van der Waals surface area contributed by atoms with Crippen LogP contribution in [0.15, 0.2) is 42.5 Å². The fraction of sp³-hybridized carbons (Fsp3) is 0.286. The molecule has 0 bridgehead atoms. The minimum Gasteiger partial charge on any atom is -0.467 e. The molecule has 2 amide bonds. The first kappa shape index (κ1) is 20.2. The maximum Gasteiger partial charge on any atom is 0.274 e. The van der Waals surface area contributed by atoms with Gasteiger partial charge in [-0.05, 0) is 18.2 Å². The largest absolute Gasteiger partial charge is 0.467 e. The summed E-state index contributed by atoms with van der Waals surface area (Å²) in [6, 6.07) is 10.7. The van der Waals surface area contributed by atoms with Crippen molar-refractivity contribution in [3.8, 4) is 5.19 Å². The minimum atomic E-state index is -0.714. The molecule has 6 nitrogen and oxygen atoms in total. The molecule has 2 aromatic carbocycles. The molecule has 0 aliphatic carbocycles. The molecule has 1 aliphatic heterocycles. The molecule has 0 unspecified atom stereocenters. The van der Waals surface area contributed by atoms with Crippen molar-refractivity contribution in [3.63, 3.8) is 0 Å². The van der Waals surface area contributed by atoms with Crippen molar-refractivity contribution < 1.29 is 23.1 Å². The van der Waals surface area contributed by atoms with E-state index in [2.05, 4.69) is 10.3 Å². The number of thiazole rings is 1. The molecular weight excluding hydrogens is 412 g/mol. The Morgan fingerprint density at radius 2 is 1.90 bits per heavy atom. The number of ether oxygens (including phenoxy) is 1. The van der Waals surface area contributed by atoms with E-state index < -0.39 is 11.6 Å². The third kappa shape index (κ3) is 4.56. The SMILES string of the molecule is O=C(NCC(=O)N1CCC(Oc2nc3c(F)cc(F)cc3s2)CC1)c1ccccc1. The molecule has 30 heavy (non-hydrogen) atoms. The molecule has 3 aromatic rings. The van der Waals surface area contributed by atoms with Crippen LogP contribution >= 0.6 is 11.3 Å². The number of fused-ring (bicyclic) bond motifs is 1. The van der Waals surface area contributed by atoms with Gasteiger partial charge in [-0.15, -0.1) is 0 Å². The van der Waals surface area contributed by atoms with Crippen molar-refractivity contribution in [3.05, 3.63) is 59.7 Å². The van der Waals surface area contributed by atoms with Gasteiger partial charge >= 0.3 is 0 Å². The Bertz CT molecular complexity index is 1070. The second-order valence-corrected chi connectivity index (χ2v) is 7.95. The molecule has 4 rings (SSSR count). The van der Waals surface area contributed by atoms with Gasteiger partial charge in [0.2, 0.25) is 5.91 Å². The Hall–Kier alpha value is -3.07. The Morgan fingerprint density at radius 1 is 1.17 bits per heavy atom. The maximum absolute atomic E-state index is 13.8. The summed E-state index contributed by atoms with van der Waals surface area (Å²) in [5.74, 6) is -1.81. The van der Waals surface area contributed by atoms with Crippen LogP contribution in [-0.2, 0) is 4.79 Å². The van der Waals surface area contributed by atoms with Gasteiger partial charge in [-0.3, -0.25) is 9.59 Å². The zero-order valence-corrected chi connectivity index (χ0v) is 16.8. The normalized spacial score (nSPS) is 14.7. The topological polar surface area (TPSA) is 71.5 Å². The molecule has 9 heteroatoms. The third-order valence-electron chi connectivity index (χ3n) is 4.89. The number of nitrogens with zero attached hydrogens (tertiary/aromatic N) is 2. The lowest BCUT2D eigenvalue weighted by atomic mass is 10.1. The Labute approximate surface area is 175 Å². The Balaban J connectivity index is 1.27. The number of hydrogen-bond acceptors (Lipinski definition) is 5. The summed E-state index contributed by atoms with van der Waals surface area (Å²) in [6.07, 6.45) is 1.01. The van der Waals surface area contributed by atoms with E-state index in [1.165, 1.54) is 6.07 Å². The van der Waals surface area contributed by atoms with E-state index in [9.17, 15) is 18.4 Å². The summed E-state index contributed by atoms with van der Waals surface area (Å²) < 4.78 is 33.3. The highest BCUT2D eigenvalue weighted by Gasteiger charge is 2.25. The number of halogens is 2. The van der Waals surface area contributed by atoms with E-state index in [0.717, 1.165) is 17.4 Å². The van der Waals surface area contributed by atoms with Gasteiger partial charge in [-0.1, -0.05) is 29.5 Å². The first-order valence-electron chi connectivity index (χ1n) is 9.53. The molecule has 1 fully saturated rings. The van der Waals surface area contributed by atoms with E-state index in [-0.39, 0.29) is 35.2 Å². The predicted octanol–water partition coefficient (Wildman–Crippen LogP) is 3.37. The molecule has 156 valence electrons. The van der Waals surface area contributed by atoms with Crippen molar-refractivity contribution in [2.24, 2.45) is 0 Å². The van der Waals surface area contributed by atoms with Crippen LogP contribution in [0, 0.1) is 11.6 Å². The average molecular weight is 431 g/mol. The quantitative estimate of drug-likeness (QED) is 0.672. The summed E-state index contributed by atoms with van der Waals surface area (Å²) in [5.41, 5.74) is 0.600. The summed E-state index contributed by atoms with van der Waals surface area (Å²) in [7, 11) is 0. The van der Waals surface area contributed by atoms with Crippen molar-refractivity contribution in [2.45, 2.75) is 18.9 Å². The van der Waals surface area contributed by atoms with Crippen LogP contribution in [0.5, 0.6) is 5.19 Å². The Kier molecular flexibility index (Phi) is 5.89. The molecule has 0 spiro atoms. The summed E-state index contributed by atoms with van der Waals surface area (Å²) >= 11 is 1.09. The van der Waals surface area contributed by atoms with Gasteiger partial charge in [-0.25, -0.2) is 8.78 Å². The number of nitrogens with one attached hydrogen (secondary N) is 1. The lowest BCUT2D eigenvalue weighted by Crippen LogP contribution is -2.46. The number of likely N-dealkylation sites (tertiary alicyclic amines) is 1. The fourth-order valence-electron chi connectivity index (χ4n) is 3.31. The smallest absolute Gasteiger partial charge is 0.274 e. The number of benzene rings is 2. The van der Waals surface area contributed by atoms with E-state index in [1.807, 2.05) is 6.07 Å². The van der Waals surface area contributed by atoms with E-state index in [4.69, 9.17) is 4.74 Å². The molecular formula is C21H19F2N3O3S. The minimum absolute atomic E-state index is 0.0675. The lowest BCUT2D eigenvalue weighted by molar-refractivity contribution is -0.131. The highest BCUT2D eigenvalue weighted by atomic mass is 32.1. The van der Waals surface area contributed by atoms with Gasteiger partial charge in [0, 0.05) is 37.6 Å². The van der Waals surface area contributed by atoms with Crippen LogP contribution in [0.25, 0.3) is 10.2 Å². The summed E-state index contributed by atoms with van der Waals surface area (Å²) in [4.78, 5) is 30.2. The first-order chi connectivity index (χ1) is 14.5. The lowest BCUT2D eigenvalue weighted by Gasteiger charge is -2.31. The summed E-state index contributed by atoms with van der Waals surface area (Å²) in [6.45, 7) is 0.902. The monoisotopic (exact) mass is 431 g/mol. The Morgan fingerprint density at radius 3 is 2.63 bits per heavy atom. The maximum atomic E-state index is 13.8. The predicted molar refractivity (Wildman–Crippen MR) is 109 cm³/mol. The number of piperidine rings is 1. The number of rotatable bonds is 5. The highest BCUT2D eigenvalue weighted by molar-refractivity contribution is 7.20.